The van der Waals surface area contributed by atoms with Gasteiger partial charge in [-0.25, -0.2) is 0 Å². The minimum absolute atomic E-state index is 0.441. The van der Waals surface area contributed by atoms with Crippen LogP contribution in [-0.2, 0) is 10.2 Å². The zero-order chi connectivity index (χ0) is 15.7. The van der Waals surface area contributed by atoms with Crippen molar-refractivity contribution in [3.8, 4) is 5.75 Å². The highest BCUT2D eigenvalue weighted by Crippen LogP contribution is 2.24. The van der Waals surface area contributed by atoms with Crippen molar-refractivity contribution in [2.24, 2.45) is 0 Å². The van der Waals surface area contributed by atoms with Crippen LogP contribution in [0.1, 0.15) is 19.8 Å². The molecule has 0 aliphatic rings. The van der Waals surface area contributed by atoms with Gasteiger partial charge < -0.3 is 10.1 Å². The number of methoxy groups -OCH3 is 1. The molecule has 1 rings (SSSR count). The van der Waals surface area contributed by atoms with Crippen LogP contribution in [0.4, 0.5) is 5.69 Å². The highest BCUT2D eigenvalue weighted by Gasteiger charge is 2.18. The largest absolute Gasteiger partial charge is 0.495 e. The monoisotopic (exact) mass is 315 g/mol. The van der Waals surface area contributed by atoms with Gasteiger partial charge in [-0.2, -0.15) is 12.7 Å². The molecule has 0 aliphatic heterocycles. The Morgan fingerprint density at radius 3 is 2.62 bits per heavy atom. The van der Waals surface area contributed by atoms with Crippen molar-refractivity contribution in [3.05, 3.63) is 24.3 Å². The molecule has 0 spiro atoms. The fraction of sp³-hybridized carbons (Fsp3) is 0.571. The number of nitrogens with zero attached hydrogens (tertiary/aromatic N) is 1. The van der Waals surface area contributed by atoms with Gasteiger partial charge in [-0.05, 0) is 38.1 Å². The average molecular weight is 315 g/mol. The minimum atomic E-state index is -3.56. The maximum atomic E-state index is 12.2. The Labute approximate surface area is 127 Å². The molecule has 0 radical (unpaired) electrons. The molecule has 6 nitrogen and oxygen atoms in total. The Morgan fingerprint density at radius 1 is 1.24 bits per heavy atom. The van der Waals surface area contributed by atoms with Crippen LogP contribution in [0.2, 0.25) is 0 Å². The Balaban J connectivity index is 2.55. The van der Waals surface area contributed by atoms with Gasteiger partial charge in [0, 0.05) is 13.6 Å². The third-order valence-corrected chi connectivity index (χ3v) is 4.49. The van der Waals surface area contributed by atoms with Gasteiger partial charge in [0.2, 0.25) is 0 Å². The summed E-state index contributed by atoms with van der Waals surface area (Å²) in [6.45, 7) is 4.32. The lowest BCUT2D eigenvalue weighted by Crippen LogP contribution is -2.34. The normalized spacial score (nSPS) is 11.6. The lowest BCUT2D eigenvalue weighted by molar-refractivity contribution is 0.416. The van der Waals surface area contributed by atoms with E-state index in [0.29, 0.717) is 18.0 Å². The Morgan fingerprint density at radius 2 is 1.95 bits per heavy atom. The maximum absolute atomic E-state index is 12.2. The van der Waals surface area contributed by atoms with Gasteiger partial charge in [-0.3, -0.25) is 4.72 Å². The third kappa shape index (κ3) is 5.91. The first-order valence-electron chi connectivity index (χ1n) is 7.09. The number of hydrogen-bond acceptors (Lipinski definition) is 4. The second kappa shape index (κ2) is 8.86. The molecular weight excluding hydrogens is 290 g/mol. The quantitative estimate of drug-likeness (QED) is 0.644. The fourth-order valence-electron chi connectivity index (χ4n) is 1.79. The molecule has 0 aliphatic carbocycles. The first-order valence-corrected chi connectivity index (χ1v) is 8.53. The number of hydrogen-bond donors (Lipinski definition) is 2. The van der Waals surface area contributed by atoms with Gasteiger partial charge in [0.1, 0.15) is 5.75 Å². The summed E-state index contributed by atoms with van der Waals surface area (Å²) in [4.78, 5) is 0. The molecule has 0 unspecified atom stereocenters. The second-order valence-electron chi connectivity index (χ2n) is 4.73. The lowest BCUT2D eigenvalue weighted by Gasteiger charge is -2.19. The van der Waals surface area contributed by atoms with Gasteiger partial charge in [0.05, 0.1) is 12.8 Å². The number of benzene rings is 1. The highest BCUT2D eigenvalue weighted by atomic mass is 32.2. The van der Waals surface area contributed by atoms with Crippen LogP contribution >= 0.6 is 0 Å². The summed E-state index contributed by atoms with van der Waals surface area (Å²) < 4.78 is 33.4. The van der Waals surface area contributed by atoms with E-state index in [0.717, 1.165) is 25.9 Å². The van der Waals surface area contributed by atoms with E-state index in [1.54, 1.807) is 31.3 Å². The standard InChI is InChI=1S/C14H25N3O3S/c1-4-10-15-11-7-12-17(2)21(18,19)16-13-8-5-6-9-14(13)20-3/h5-6,8-9,15-16H,4,7,10-12H2,1-3H3. The van der Waals surface area contributed by atoms with Gasteiger partial charge in [-0.1, -0.05) is 19.1 Å². The van der Waals surface area contributed by atoms with Gasteiger partial charge in [0.15, 0.2) is 0 Å². The van der Waals surface area contributed by atoms with Crippen LogP contribution in [0.15, 0.2) is 24.3 Å². The van der Waals surface area contributed by atoms with Gasteiger partial charge >= 0.3 is 10.2 Å². The van der Waals surface area contributed by atoms with Crippen molar-refractivity contribution >= 4 is 15.9 Å². The van der Waals surface area contributed by atoms with Crippen LogP contribution in [0.5, 0.6) is 5.75 Å². The van der Waals surface area contributed by atoms with Crippen molar-refractivity contribution in [2.45, 2.75) is 19.8 Å². The second-order valence-corrected chi connectivity index (χ2v) is 6.51. The van der Waals surface area contributed by atoms with Crippen molar-refractivity contribution in [1.82, 2.24) is 9.62 Å². The molecular formula is C14H25N3O3S. The molecule has 0 atom stereocenters. The maximum Gasteiger partial charge on any atom is 0.301 e. The van der Waals surface area contributed by atoms with Crippen molar-refractivity contribution in [3.63, 3.8) is 0 Å². The van der Waals surface area contributed by atoms with Crippen LogP contribution in [0.25, 0.3) is 0 Å². The molecule has 120 valence electrons. The van der Waals surface area contributed by atoms with Crippen LogP contribution in [-0.4, -0.2) is 46.5 Å². The van der Waals surface area contributed by atoms with E-state index >= 15 is 0 Å². The molecule has 7 heteroatoms. The summed E-state index contributed by atoms with van der Waals surface area (Å²) in [5.41, 5.74) is 0.441. The molecule has 1 aromatic rings. The molecule has 2 N–H and O–H groups in total. The first-order chi connectivity index (χ1) is 10.0. The summed E-state index contributed by atoms with van der Waals surface area (Å²) in [5, 5.41) is 3.25. The van der Waals surface area contributed by atoms with E-state index < -0.39 is 10.2 Å². The summed E-state index contributed by atoms with van der Waals surface area (Å²) in [5.74, 6) is 0.499. The van der Waals surface area contributed by atoms with Crippen molar-refractivity contribution in [1.29, 1.82) is 0 Å². The molecule has 1 aromatic carbocycles. The zero-order valence-corrected chi connectivity index (χ0v) is 13.7. The van der Waals surface area contributed by atoms with E-state index in [-0.39, 0.29) is 0 Å². The molecule has 0 bridgehead atoms. The molecule has 0 aromatic heterocycles. The van der Waals surface area contributed by atoms with Crippen molar-refractivity contribution in [2.75, 3.05) is 38.5 Å². The SMILES string of the molecule is CCCNCCCN(C)S(=O)(=O)Nc1ccccc1OC. The smallest absolute Gasteiger partial charge is 0.301 e. The Hall–Kier alpha value is -1.31. The van der Waals surface area contributed by atoms with Gasteiger partial charge in [-0.15, -0.1) is 0 Å². The predicted octanol–water partition coefficient (Wildman–Crippen LogP) is 1.67. The highest BCUT2D eigenvalue weighted by molar-refractivity contribution is 7.90. The van der Waals surface area contributed by atoms with E-state index in [1.807, 2.05) is 0 Å². The van der Waals surface area contributed by atoms with E-state index in [2.05, 4.69) is 17.0 Å². The topological polar surface area (TPSA) is 70.7 Å². The Kier molecular flexibility index (Phi) is 7.49. The van der Waals surface area contributed by atoms with Crippen LogP contribution in [0.3, 0.4) is 0 Å². The summed E-state index contributed by atoms with van der Waals surface area (Å²) in [7, 11) is -0.486. The first kappa shape index (κ1) is 17.7. The molecule has 21 heavy (non-hydrogen) atoms. The number of ether oxygens (including phenoxy) is 1. The summed E-state index contributed by atoms with van der Waals surface area (Å²) in [6, 6.07) is 6.94. The average Bonchev–Trinajstić information content (AvgIpc) is 2.47. The number of anilines is 1. The third-order valence-electron chi connectivity index (χ3n) is 3.01. The number of rotatable bonds is 10. The molecule has 0 saturated heterocycles. The Bertz CT molecular complexity index is 520. The lowest BCUT2D eigenvalue weighted by atomic mass is 10.3. The van der Waals surface area contributed by atoms with Gasteiger partial charge in [0.25, 0.3) is 0 Å². The fourth-order valence-corrected chi connectivity index (χ4v) is 2.77. The van der Waals surface area contributed by atoms with E-state index in [9.17, 15) is 8.42 Å². The predicted molar refractivity (Wildman–Crippen MR) is 85.9 cm³/mol. The number of para-hydroxylation sites is 2. The van der Waals surface area contributed by atoms with Crippen LogP contribution in [0, 0.1) is 0 Å². The number of nitrogens with one attached hydrogen (secondary N) is 2. The molecule has 0 fully saturated rings. The van der Waals surface area contributed by atoms with Crippen molar-refractivity contribution < 1.29 is 13.2 Å². The molecule has 0 heterocycles. The summed E-state index contributed by atoms with van der Waals surface area (Å²) >= 11 is 0. The molecule has 0 amide bonds. The zero-order valence-electron chi connectivity index (χ0n) is 12.9. The van der Waals surface area contributed by atoms with Crippen LogP contribution < -0.4 is 14.8 Å². The summed E-state index contributed by atoms with van der Waals surface area (Å²) in [6.07, 6.45) is 1.84. The molecule has 0 saturated carbocycles. The van der Waals surface area contributed by atoms with E-state index in [4.69, 9.17) is 4.74 Å². The van der Waals surface area contributed by atoms with E-state index in [1.165, 1.54) is 11.4 Å². The minimum Gasteiger partial charge on any atom is -0.495 e.